The van der Waals surface area contributed by atoms with E-state index in [0.29, 0.717) is 6.42 Å². The zero-order valence-corrected chi connectivity index (χ0v) is 21.4. The van der Waals surface area contributed by atoms with Gasteiger partial charge in [0.1, 0.15) is 24.2 Å². The maximum absolute atomic E-state index is 14.4. The molecule has 0 spiro atoms. The topological polar surface area (TPSA) is 90.0 Å². The van der Waals surface area contributed by atoms with Gasteiger partial charge in [0.05, 0.1) is 5.69 Å². The van der Waals surface area contributed by atoms with Crippen molar-refractivity contribution in [2.24, 2.45) is 0 Å². The number of carbonyl (C=O) groups is 2. The first-order valence-corrected chi connectivity index (χ1v) is 12.6. The van der Waals surface area contributed by atoms with E-state index in [1.807, 2.05) is 13.8 Å². The van der Waals surface area contributed by atoms with Gasteiger partial charge in [0.15, 0.2) is 0 Å². The van der Waals surface area contributed by atoms with E-state index in [0.717, 1.165) is 25.6 Å². The summed E-state index contributed by atoms with van der Waals surface area (Å²) < 4.78 is 55.7. The lowest BCUT2D eigenvalue weighted by molar-refractivity contribution is -0.139. The molecule has 0 radical (unpaired) electrons. The molecule has 1 N–H and O–H groups in total. The van der Waals surface area contributed by atoms with Gasteiger partial charge < -0.3 is 10.2 Å². The Morgan fingerprint density at radius 3 is 2.14 bits per heavy atom. The normalized spacial score (nSPS) is 13.3. The predicted octanol–water partition coefficient (Wildman–Crippen LogP) is 2.91. The quantitative estimate of drug-likeness (QED) is 0.503. The number of halogens is 2. The van der Waals surface area contributed by atoms with Crippen LogP contribution in [0.25, 0.3) is 0 Å². The number of hydrogen-bond acceptors (Lipinski definition) is 4. The molecule has 11 heteroatoms. The number of rotatable bonds is 11. The Morgan fingerprint density at radius 1 is 1.00 bits per heavy atom. The van der Waals surface area contributed by atoms with Crippen molar-refractivity contribution in [3.63, 3.8) is 0 Å². The Hall–Kier alpha value is -3.05. The molecular formula is C24H32F2N4O4S. The molecule has 0 fully saturated rings. The molecule has 2 rings (SSSR count). The van der Waals surface area contributed by atoms with Crippen molar-refractivity contribution in [2.45, 2.75) is 45.8 Å². The Morgan fingerprint density at radius 2 is 1.60 bits per heavy atom. The van der Waals surface area contributed by atoms with Gasteiger partial charge in [-0.25, -0.2) is 13.1 Å². The number of benzene rings is 2. The van der Waals surface area contributed by atoms with Gasteiger partial charge in [0, 0.05) is 32.2 Å². The number of nitrogens with one attached hydrogen (secondary N) is 1. The fourth-order valence-corrected chi connectivity index (χ4v) is 4.24. The molecule has 35 heavy (non-hydrogen) atoms. The van der Waals surface area contributed by atoms with Crippen LogP contribution in [0.4, 0.5) is 14.5 Å². The zero-order valence-electron chi connectivity index (χ0n) is 20.5. The second kappa shape index (κ2) is 12.1. The van der Waals surface area contributed by atoms with Crippen molar-refractivity contribution in [2.75, 3.05) is 24.9 Å². The van der Waals surface area contributed by atoms with Gasteiger partial charge in [-0.1, -0.05) is 25.1 Å². The summed E-state index contributed by atoms with van der Waals surface area (Å²) in [5.41, 5.74) is 0.240. The molecule has 0 aliphatic rings. The summed E-state index contributed by atoms with van der Waals surface area (Å²) in [4.78, 5) is 27.5. The van der Waals surface area contributed by atoms with Crippen LogP contribution in [0.3, 0.4) is 0 Å². The van der Waals surface area contributed by atoms with Gasteiger partial charge in [0.2, 0.25) is 11.8 Å². The molecule has 2 aromatic carbocycles. The Labute approximate surface area is 205 Å². The molecule has 0 aromatic heterocycles. The third-order valence-corrected chi connectivity index (χ3v) is 7.42. The summed E-state index contributed by atoms with van der Waals surface area (Å²) in [6.45, 7) is 4.28. The Kier molecular flexibility index (Phi) is 9.73. The number of carbonyl (C=O) groups excluding carboxylic acids is 2. The third kappa shape index (κ3) is 7.22. The highest BCUT2D eigenvalue weighted by molar-refractivity contribution is 7.90. The van der Waals surface area contributed by atoms with E-state index in [-0.39, 0.29) is 23.8 Å². The van der Waals surface area contributed by atoms with Crippen molar-refractivity contribution in [1.82, 2.24) is 14.5 Å². The first-order chi connectivity index (χ1) is 16.4. The van der Waals surface area contributed by atoms with Crippen LogP contribution < -0.4 is 9.62 Å². The standard InChI is InChI=1S/C24H32F2N4O4S/c1-6-17(2)27-24(32)18(3)29(15-19-9-7-8-10-22(19)26)23(31)16-30(35(33,34)28(4)5)21-13-11-20(25)12-14-21/h7-14,17-18H,6,15-16H2,1-5H3,(H,27,32)/t17-,18+/m0/s1. The highest BCUT2D eigenvalue weighted by atomic mass is 32.2. The Bertz CT molecular complexity index is 1130. The second-order valence-corrected chi connectivity index (χ2v) is 10.4. The minimum absolute atomic E-state index is 0.0657. The summed E-state index contributed by atoms with van der Waals surface area (Å²) >= 11 is 0. The maximum atomic E-state index is 14.4. The number of amides is 2. The molecule has 0 unspecified atom stereocenters. The average Bonchev–Trinajstić information content (AvgIpc) is 2.81. The van der Waals surface area contributed by atoms with E-state index in [2.05, 4.69) is 5.32 Å². The Balaban J connectivity index is 2.46. The molecule has 2 aromatic rings. The summed E-state index contributed by atoms with van der Waals surface area (Å²) in [7, 11) is -1.56. The molecule has 0 saturated carbocycles. The van der Waals surface area contributed by atoms with E-state index >= 15 is 0 Å². The minimum Gasteiger partial charge on any atom is -0.352 e. The first kappa shape index (κ1) is 28.2. The van der Waals surface area contributed by atoms with Crippen LogP contribution in [-0.2, 0) is 26.3 Å². The predicted molar refractivity (Wildman–Crippen MR) is 131 cm³/mol. The van der Waals surface area contributed by atoms with Crippen molar-refractivity contribution < 1.29 is 26.8 Å². The largest absolute Gasteiger partial charge is 0.352 e. The molecule has 192 valence electrons. The molecule has 0 saturated heterocycles. The van der Waals surface area contributed by atoms with Gasteiger partial charge in [-0.3, -0.25) is 9.59 Å². The van der Waals surface area contributed by atoms with Crippen LogP contribution >= 0.6 is 0 Å². The highest BCUT2D eigenvalue weighted by Gasteiger charge is 2.33. The van der Waals surface area contributed by atoms with Crippen LogP contribution in [0.1, 0.15) is 32.8 Å². The van der Waals surface area contributed by atoms with Crippen molar-refractivity contribution >= 4 is 27.7 Å². The average molecular weight is 511 g/mol. The van der Waals surface area contributed by atoms with Crippen molar-refractivity contribution in [3.8, 4) is 0 Å². The van der Waals surface area contributed by atoms with Gasteiger partial charge in [-0.05, 0) is 50.6 Å². The monoisotopic (exact) mass is 510 g/mol. The van der Waals surface area contributed by atoms with E-state index in [1.165, 1.54) is 51.4 Å². The highest BCUT2D eigenvalue weighted by Crippen LogP contribution is 2.21. The fraction of sp³-hybridized carbons (Fsp3) is 0.417. The maximum Gasteiger partial charge on any atom is 0.304 e. The lowest BCUT2D eigenvalue weighted by Crippen LogP contribution is -2.53. The smallest absolute Gasteiger partial charge is 0.304 e. The second-order valence-electron chi connectivity index (χ2n) is 8.38. The fourth-order valence-electron chi connectivity index (χ4n) is 3.18. The summed E-state index contributed by atoms with van der Waals surface area (Å²) in [5, 5.41) is 2.80. The molecule has 2 atom stereocenters. The van der Waals surface area contributed by atoms with Gasteiger partial charge in [-0.2, -0.15) is 12.7 Å². The van der Waals surface area contributed by atoms with E-state index in [9.17, 15) is 26.8 Å². The van der Waals surface area contributed by atoms with E-state index in [1.54, 1.807) is 6.07 Å². The number of nitrogens with zero attached hydrogens (tertiary/aromatic N) is 3. The molecule has 0 aliphatic carbocycles. The van der Waals surface area contributed by atoms with E-state index in [4.69, 9.17) is 0 Å². The summed E-state index contributed by atoms with van der Waals surface area (Å²) in [6, 6.07) is 9.30. The molecular weight excluding hydrogens is 478 g/mol. The zero-order chi connectivity index (χ0) is 26.3. The number of hydrogen-bond donors (Lipinski definition) is 1. The van der Waals surface area contributed by atoms with Gasteiger partial charge in [0.25, 0.3) is 0 Å². The van der Waals surface area contributed by atoms with Gasteiger partial charge >= 0.3 is 10.2 Å². The lowest BCUT2D eigenvalue weighted by Gasteiger charge is -2.33. The minimum atomic E-state index is -4.16. The van der Waals surface area contributed by atoms with Crippen LogP contribution in [0.5, 0.6) is 0 Å². The lowest BCUT2D eigenvalue weighted by atomic mass is 10.1. The van der Waals surface area contributed by atoms with Gasteiger partial charge in [-0.15, -0.1) is 0 Å². The van der Waals surface area contributed by atoms with Crippen LogP contribution in [-0.4, -0.2) is 62.2 Å². The summed E-state index contributed by atoms with van der Waals surface area (Å²) in [6.07, 6.45) is 0.666. The third-order valence-electron chi connectivity index (χ3n) is 5.60. The molecule has 0 aliphatic heterocycles. The molecule has 2 amide bonds. The molecule has 8 nitrogen and oxygen atoms in total. The summed E-state index contributed by atoms with van der Waals surface area (Å²) in [5.74, 6) is -2.31. The van der Waals surface area contributed by atoms with Crippen LogP contribution in [0.15, 0.2) is 48.5 Å². The van der Waals surface area contributed by atoms with Crippen LogP contribution in [0.2, 0.25) is 0 Å². The molecule has 0 heterocycles. The van der Waals surface area contributed by atoms with Crippen LogP contribution in [0, 0.1) is 11.6 Å². The van der Waals surface area contributed by atoms with E-state index < -0.39 is 46.2 Å². The van der Waals surface area contributed by atoms with Crippen molar-refractivity contribution in [3.05, 3.63) is 65.7 Å². The van der Waals surface area contributed by atoms with Crippen molar-refractivity contribution in [1.29, 1.82) is 0 Å². The first-order valence-electron chi connectivity index (χ1n) is 11.2. The molecule has 0 bridgehead atoms. The number of anilines is 1. The SMILES string of the molecule is CC[C@H](C)NC(=O)[C@@H](C)N(Cc1ccccc1F)C(=O)CN(c1ccc(F)cc1)S(=O)(=O)N(C)C.